The van der Waals surface area contributed by atoms with Gasteiger partial charge in [-0.05, 0) is 31.0 Å². The highest BCUT2D eigenvalue weighted by Crippen LogP contribution is 2.35. The van der Waals surface area contributed by atoms with Gasteiger partial charge >= 0.3 is 0 Å². The van der Waals surface area contributed by atoms with Gasteiger partial charge in [-0.3, -0.25) is 9.59 Å². The number of anilines is 1. The van der Waals surface area contributed by atoms with Gasteiger partial charge in [0, 0.05) is 23.9 Å². The third-order valence-electron chi connectivity index (χ3n) is 5.29. The Balaban J connectivity index is 1.73. The molecule has 2 amide bonds. The van der Waals surface area contributed by atoms with Crippen LogP contribution in [0.3, 0.4) is 0 Å². The van der Waals surface area contributed by atoms with Crippen LogP contribution in [0, 0.1) is 5.41 Å². The number of carbonyl (C=O) groups excluding carboxylic acids is 2. The predicted molar refractivity (Wildman–Crippen MR) is 97.3 cm³/mol. The first-order chi connectivity index (χ1) is 12.4. The summed E-state index contributed by atoms with van der Waals surface area (Å²) in [6, 6.07) is 6.07. The molecule has 0 radical (unpaired) electrons. The van der Waals surface area contributed by atoms with Gasteiger partial charge in [0.2, 0.25) is 15.9 Å². The van der Waals surface area contributed by atoms with Crippen LogP contribution in [0.2, 0.25) is 0 Å². The van der Waals surface area contributed by atoms with E-state index < -0.39 is 15.9 Å². The summed E-state index contributed by atoms with van der Waals surface area (Å²) in [5, 5.41) is 12.6. The molecule has 2 fully saturated rings. The van der Waals surface area contributed by atoms with Gasteiger partial charge in [-0.15, -0.1) is 0 Å². The molecule has 1 aliphatic carbocycles. The van der Waals surface area contributed by atoms with Crippen molar-refractivity contribution >= 4 is 27.5 Å². The molecule has 0 spiro atoms. The molecule has 26 heavy (non-hydrogen) atoms. The molecule has 8 heteroatoms. The summed E-state index contributed by atoms with van der Waals surface area (Å²) >= 11 is 0. The van der Waals surface area contributed by atoms with E-state index in [9.17, 15) is 23.1 Å². The number of amides is 2. The molecule has 142 valence electrons. The Bertz CT molecular complexity index is 800. The molecule has 2 N–H and O–H groups in total. The third kappa shape index (κ3) is 3.76. The lowest BCUT2D eigenvalue weighted by Crippen LogP contribution is -2.41. The van der Waals surface area contributed by atoms with E-state index in [0.717, 1.165) is 36.4 Å². The number of nitrogens with zero attached hydrogens (tertiary/aromatic N) is 1. The van der Waals surface area contributed by atoms with Crippen molar-refractivity contribution in [1.82, 2.24) is 5.32 Å². The molecular weight excluding hydrogens is 356 g/mol. The number of benzene rings is 1. The number of aliphatic hydroxyl groups is 1. The number of aliphatic hydroxyl groups excluding tert-OH is 1. The van der Waals surface area contributed by atoms with E-state index in [-0.39, 0.29) is 35.8 Å². The largest absolute Gasteiger partial charge is 0.396 e. The second-order valence-electron chi connectivity index (χ2n) is 7.18. The summed E-state index contributed by atoms with van der Waals surface area (Å²) in [6.45, 7) is 0.418. The van der Waals surface area contributed by atoms with Gasteiger partial charge in [-0.2, -0.15) is 0 Å². The molecule has 0 aromatic heterocycles. The predicted octanol–water partition coefficient (Wildman–Crippen LogP) is 1.43. The molecule has 1 aromatic carbocycles. The fraction of sp³-hybridized carbons (Fsp3) is 0.556. The van der Waals surface area contributed by atoms with Crippen molar-refractivity contribution in [3.8, 4) is 0 Å². The molecule has 7 nitrogen and oxygen atoms in total. The maximum absolute atomic E-state index is 12.5. The second kappa shape index (κ2) is 7.36. The van der Waals surface area contributed by atoms with E-state index in [4.69, 9.17) is 0 Å². The Morgan fingerprint density at radius 3 is 2.58 bits per heavy atom. The van der Waals surface area contributed by atoms with Crippen LogP contribution in [0.1, 0.15) is 48.9 Å². The first-order valence-corrected chi connectivity index (χ1v) is 10.5. The summed E-state index contributed by atoms with van der Waals surface area (Å²) in [5.41, 5.74) is 0.204. The molecule has 1 saturated heterocycles. The van der Waals surface area contributed by atoms with Crippen molar-refractivity contribution in [3.05, 3.63) is 29.8 Å². The highest BCUT2D eigenvalue weighted by Gasteiger charge is 2.36. The maximum Gasteiger partial charge on any atom is 0.251 e. The van der Waals surface area contributed by atoms with E-state index >= 15 is 0 Å². The van der Waals surface area contributed by atoms with Crippen molar-refractivity contribution in [3.63, 3.8) is 0 Å². The smallest absolute Gasteiger partial charge is 0.251 e. The molecule has 1 aliphatic heterocycles. The van der Waals surface area contributed by atoms with E-state index in [0.29, 0.717) is 12.1 Å². The Labute approximate surface area is 153 Å². The zero-order valence-electron chi connectivity index (χ0n) is 14.6. The Hall–Kier alpha value is -1.93. The summed E-state index contributed by atoms with van der Waals surface area (Å²) < 4.78 is 24.9. The van der Waals surface area contributed by atoms with Gasteiger partial charge in [0.25, 0.3) is 5.91 Å². The Morgan fingerprint density at radius 2 is 1.96 bits per heavy atom. The lowest BCUT2D eigenvalue weighted by molar-refractivity contribution is -0.116. The number of carbonyl (C=O) groups is 2. The van der Waals surface area contributed by atoms with E-state index in [1.807, 2.05) is 0 Å². The van der Waals surface area contributed by atoms with Gasteiger partial charge in [0.15, 0.2) is 0 Å². The molecule has 0 atom stereocenters. The molecular formula is C18H24N2O5S. The van der Waals surface area contributed by atoms with Crippen molar-refractivity contribution in [2.75, 3.05) is 23.2 Å². The average Bonchev–Trinajstić information content (AvgIpc) is 2.93. The van der Waals surface area contributed by atoms with Gasteiger partial charge in [0.05, 0.1) is 18.0 Å². The standard InChI is InChI=1S/C18H24N2O5S/c21-13-18(8-2-1-3-9-18)12-19-17(23)14-5-4-6-15(11-14)20-16(22)7-10-26(20,24)25/h4-6,11,21H,1-3,7-10,12-13H2,(H,19,23). The molecule has 2 aliphatic rings. The first kappa shape index (κ1) is 18.8. The van der Waals surface area contributed by atoms with E-state index in [2.05, 4.69) is 5.32 Å². The minimum atomic E-state index is -3.66. The number of sulfonamides is 1. The molecule has 0 unspecified atom stereocenters. The van der Waals surface area contributed by atoms with Crippen molar-refractivity contribution < 1.29 is 23.1 Å². The molecule has 3 rings (SSSR count). The molecule has 1 saturated carbocycles. The van der Waals surface area contributed by atoms with E-state index in [1.54, 1.807) is 12.1 Å². The summed E-state index contributed by atoms with van der Waals surface area (Å²) in [5.74, 6) is -1.03. The monoisotopic (exact) mass is 380 g/mol. The second-order valence-corrected chi connectivity index (χ2v) is 9.11. The van der Waals surface area contributed by atoms with Gasteiger partial charge in [-0.1, -0.05) is 25.3 Å². The van der Waals surface area contributed by atoms with Crippen molar-refractivity contribution in [2.24, 2.45) is 5.41 Å². The van der Waals surface area contributed by atoms with Crippen LogP contribution in [0.15, 0.2) is 24.3 Å². The SMILES string of the molecule is O=C(NCC1(CO)CCCCC1)c1cccc(N2C(=O)CCS2(=O)=O)c1. The number of hydrogen-bond donors (Lipinski definition) is 2. The summed E-state index contributed by atoms with van der Waals surface area (Å²) in [7, 11) is -3.66. The molecule has 1 heterocycles. The van der Waals surface area contributed by atoms with Crippen LogP contribution in [0.5, 0.6) is 0 Å². The number of nitrogens with one attached hydrogen (secondary N) is 1. The fourth-order valence-corrected chi connectivity index (χ4v) is 5.16. The lowest BCUT2D eigenvalue weighted by Gasteiger charge is -2.35. The summed E-state index contributed by atoms with van der Waals surface area (Å²) in [6.07, 6.45) is 4.95. The number of hydrogen-bond acceptors (Lipinski definition) is 5. The van der Waals surface area contributed by atoms with Gasteiger partial charge < -0.3 is 10.4 Å². The lowest BCUT2D eigenvalue weighted by atomic mass is 9.74. The zero-order chi connectivity index (χ0) is 18.8. The van der Waals surface area contributed by atoms with Crippen molar-refractivity contribution in [2.45, 2.75) is 38.5 Å². The fourth-order valence-electron chi connectivity index (χ4n) is 3.70. The number of rotatable bonds is 5. The minimum absolute atomic E-state index is 0.0356. The van der Waals surface area contributed by atoms with Crippen LogP contribution in [0.4, 0.5) is 5.69 Å². The molecule has 0 bridgehead atoms. The highest BCUT2D eigenvalue weighted by molar-refractivity contribution is 7.94. The van der Waals surface area contributed by atoms with Crippen LogP contribution < -0.4 is 9.62 Å². The van der Waals surface area contributed by atoms with E-state index in [1.165, 1.54) is 12.1 Å². The highest BCUT2D eigenvalue weighted by atomic mass is 32.2. The zero-order valence-corrected chi connectivity index (χ0v) is 15.4. The topological polar surface area (TPSA) is 104 Å². The average molecular weight is 380 g/mol. The first-order valence-electron chi connectivity index (χ1n) is 8.92. The Morgan fingerprint density at radius 1 is 1.23 bits per heavy atom. The molecule has 1 aromatic rings. The van der Waals surface area contributed by atoms with Crippen LogP contribution in [0.25, 0.3) is 0 Å². The van der Waals surface area contributed by atoms with Crippen molar-refractivity contribution in [1.29, 1.82) is 0 Å². The quantitative estimate of drug-likeness (QED) is 0.804. The van der Waals surface area contributed by atoms with Crippen LogP contribution >= 0.6 is 0 Å². The summed E-state index contributed by atoms with van der Waals surface area (Å²) in [4.78, 5) is 24.4. The maximum atomic E-state index is 12.5. The third-order valence-corrected chi connectivity index (χ3v) is 6.99. The normalized spacial score (nSPS) is 21.6. The minimum Gasteiger partial charge on any atom is -0.396 e. The Kier molecular flexibility index (Phi) is 5.34. The van der Waals surface area contributed by atoms with Gasteiger partial charge in [-0.25, -0.2) is 12.7 Å². The van der Waals surface area contributed by atoms with Crippen LogP contribution in [-0.4, -0.2) is 44.2 Å². The van der Waals surface area contributed by atoms with Crippen LogP contribution in [-0.2, 0) is 14.8 Å². The van der Waals surface area contributed by atoms with Gasteiger partial charge in [0.1, 0.15) is 0 Å².